The van der Waals surface area contributed by atoms with Crippen LogP contribution in [0.2, 0.25) is 0 Å². The molecule has 86 valence electrons. The number of hydrogen-bond acceptors (Lipinski definition) is 3. The van der Waals surface area contributed by atoms with Crippen molar-refractivity contribution in [3.05, 3.63) is 29.3 Å². The quantitative estimate of drug-likeness (QED) is 0.855. The molecular weight excluding hydrogens is 216 g/mol. The van der Waals surface area contributed by atoms with Crippen molar-refractivity contribution in [1.29, 1.82) is 0 Å². The van der Waals surface area contributed by atoms with E-state index in [-0.39, 0.29) is 0 Å². The molecule has 0 radical (unpaired) electrons. The van der Waals surface area contributed by atoms with E-state index in [0.29, 0.717) is 6.04 Å². The van der Waals surface area contributed by atoms with Gasteiger partial charge in [-0.25, -0.2) is 0 Å². The molecule has 0 saturated heterocycles. The van der Waals surface area contributed by atoms with Gasteiger partial charge in [0.25, 0.3) is 0 Å². The molecule has 2 nitrogen and oxygen atoms in total. The van der Waals surface area contributed by atoms with E-state index >= 15 is 0 Å². The number of aromatic nitrogens is 1. The van der Waals surface area contributed by atoms with Gasteiger partial charge in [-0.05, 0) is 36.4 Å². The van der Waals surface area contributed by atoms with Gasteiger partial charge in [0.1, 0.15) is 0 Å². The molecule has 0 spiro atoms. The summed E-state index contributed by atoms with van der Waals surface area (Å²) in [5, 5.41) is 5.61. The van der Waals surface area contributed by atoms with Gasteiger partial charge in [0.15, 0.2) is 0 Å². The molecule has 0 fully saturated rings. The molecule has 2 rings (SSSR count). The Kier molecular flexibility index (Phi) is 3.91. The summed E-state index contributed by atoms with van der Waals surface area (Å²) in [6, 6.07) is 4.89. The zero-order valence-electron chi connectivity index (χ0n) is 9.86. The Bertz CT molecular complexity index is 450. The van der Waals surface area contributed by atoms with Gasteiger partial charge in [0.05, 0.1) is 10.2 Å². The maximum Gasteiger partial charge on any atom is 0.0809 e. The molecule has 0 aliphatic carbocycles. The van der Waals surface area contributed by atoms with Crippen molar-refractivity contribution in [3.63, 3.8) is 0 Å². The number of rotatable bonds is 5. The van der Waals surface area contributed by atoms with Gasteiger partial charge in [-0.2, -0.15) is 0 Å². The molecule has 0 aliphatic heterocycles. The third-order valence-electron chi connectivity index (χ3n) is 2.74. The number of nitrogens with one attached hydrogen (secondary N) is 1. The molecule has 0 bridgehead atoms. The fourth-order valence-electron chi connectivity index (χ4n) is 1.81. The van der Waals surface area contributed by atoms with Crippen LogP contribution in [0, 0.1) is 0 Å². The summed E-state index contributed by atoms with van der Waals surface area (Å²) in [5.74, 6) is 0. The van der Waals surface area contributed by atoms with Crippen molar-refractivity contribution in [2.24, 2.45) is 0 Å². The number of pyridine rings is 1. The van der Waals surface area contributed by atoms with Crippen LogP contribution in [-0.2, 0) is 6.54 Å². The Morgan fingerprint density at radius 3 is 3.19 bits per heavy atom. The lowest BCUT2D eigenvalue weighted by Gasteiger charge is -2.12. The molecule has 0 saturated carbocycles. The molecule has 1 unspecified atom stereocenters. The predicted octanol–water partition coefficient (Wildman–Crippen LogP) is 3.57. The van der Waals surface area contributed by atoms with E-state index in [4.69, 9.17) is 0 Å². The molecule has 2 aromatic rings. The Balaban J connectivity index is 1.98. The van der Waals surface area contributed by atoms with Gasteiger partial charge in [0, 0.05) is 18.8 Å². The highest BCUT2D eigenvalue weighted by Crippen LogP contribution is 2.19. The van der Waals surface area contributed by atoms with Crippen LogP contribution >= 0.6 is 11.3 Å². The SMILES string of the molecule is CCCC(C)NCc1cnc2ccsc2c1. The van der Waals surface area contributed by atoms with Crippen molar-refractivity contribution in [2.75, 3.05) is 0 Å². The molecule has 0 aromatic carbocycles. The van der Waals surface area contributed by atoms with Crippen molar-refractivity contribution < 1.29 is 0 Å². The smallest absolute Gasteiger partial charge is 0.0809 e. The summed E-state index contributed by atoms with van der Waals surface area (Å²) in [6.45, 7) is 5.38. The first kappa shape index (κ1) is 11.6. The topological polar surface area (TPSA) is 24.9 Å². The fourth-order valence-corrected chi connectivity index (χ4v) is 2.62. The van der Waals surface area contributed by atoms with E-state index in [1.165, 1.54) is 23.1 Å². The maximum absolute atomic E-state index is 4.44. The first-order valence-electron chi connectivity index (χ1n) is 5.85. The zero-order valence-corrected chi connectivity index (χ0v) is 10.7. The van der Waals surface area contributed by atoms with Gasteiger partial charge in [0.2, 0.25) is 0 Å². The minimum Gasteiger partial charge on any atom is -0.310 e. The fraction of sp³-hybridized carbons (Fsp3) is 0.462. The molecule has 2 heterocycles. The van der Waals surface area contributed by atoms with Gasteiger partial charge in [-0.15, -0.1) is 11.3 Å². The number of fused-ring (bicyclic) bond motifs is 1. The maximum atomic E-state index is 4.44. The molecule has 1 N–H and O–H groups in total. The average molecular weight is 234 g/mol. The number of thiophene rings is 1. The molecule has 0 aliphatic rings. The van der Waals surface area contributed by atoms with Crippen LogP contribution < -0.4 is 5.32 Å². The Hall–Kier alpha value is -0.930. The highest BCUT2D eigenvalue weighted by atomic mass is 32.1. The van der Waals surface area contributed by atoms with E-state index in [2.05, 4.69) is 41.7 Å². The first-order valence-corrected chi connectivity index (χ1v) is 6.73. The molecule has 16 heavy (non-hydrogen) atoms. The van der Waals surface area contributed by atoms with Crippen LogP contribution in [0.25, 0.3) is 10.2 Å². The summed E-state index contributed by atoms with van der Waals surface area (Å²) in [5.41, 5.74) is 2.38. The predicted molar refractivity (Wildman–Crippen MR) is 70.8 cm³/mol. The highest BCUT2D eigenvalue weighted by Gasteiger charge is 2.02. The van der Waals surface area contributed by atoms with Gasteiger partial charge in [-0.1, -0.05) is 13.3 Å². The van der Waals surface area contributed by atoms with Crippen LogP contribution in [0.1, 0.15) is 32.3 Å². The lowest BCUT2D eigenvalue weighted by atomic mass is 10.2. The minimum absolute atomic E-state index is 0.587. The van der Waals surface area contributed by atoms with E-state index in [1.807, 2.05) is 6.20 Å². The van der Waals surface area contributed by atoms with Crippen molar-refractivity contribution in [3.8, 4) is 0 Å². The van der Waals surface area contributed by atoms with E-state index in [0.717, 1.165) is 12.1 Å². The second-order valence-corrected chi connectivity index (χ2v) is 5.17. The Morgan fingerprint density at radius 2 is 2.38 bits per heavy atom. The van der Waals surface area contributed by atoms with Crippen molar-refractivity contribution in [1.82, 2.24) is 10.3 Å². The molecule has 3 heteroatoms. The average Bonchev–Trinajstić information content (AvgIpc) is 2.74. The highest BCUT2D eigenvalue weighted by molar-refractivity contribution is 7.17. The van der Waals surface area contributed by atoms with E-state index in [9.17, 15) is 0 Å². The van der Waals surface area contributed by atoms with Crippen LogP contribution in [0.5, 0.6) is 0 Å². The third-order valence-corrected chi connectivity index (χ3v) is 3.59. The Labute approximate surface area is 101 Å². The Morgan fingerprint density at radius 1 is 1.50 bits per heavy atom. The standard InChI is InChI=1S/C13H18N2S/c1-3-4-10(2)14-8-11-7-13-12(15-9-11)5-6-16-13/h5-7,9-10,14H,3-4,8H2,1-2H3. The molecule has 2 aromatic heterocycles. The molecule has 0 amide bonds. The number of nitrogens with zero attached hydrogens (tertiary/aromatic N) is 1. The summed E-state index contributed by atoms with van der Waals surface area (Å²) in [6.07, 6.45) is 4.44. The molecule has 1 atom stereocenters. The largest absolute Gasteiger partial charge is 0.310 e. The minimum atomic E-state index is 0.587. The summed E-state index contributed by atoms with van der Waals surface area (Å²) < 4.78 is 1.28. The normalized spacial score (nSPS) is 13.1. The summed E-state index contributed by atoms with van der Waals surface area (Å²) >= 11 is 1.76. The van der Waals surface area contributed by atoms with Crippen molar-refractivity contribution in [2.45, 2.75) is 39.3 Å². The first-order chi connectivity index (χ1) is 7.79. The second-order valence-electron chi connectivity index (χ2n) is 4.22. The lowest BCUT2D eigenvalue weighted by Crippen LogP contribution is -2.25. The summed E-state index contributed by atoms with van der Waals surface area (Å²) in [4.78, 5) is 4.44. The lowest BCUT2D eigenvalue weighted by molar-refractivity contribution is 0.508. The van der Waals surface area contributed by atoms with Crippen LogP contribution in [0.4, 0.5) is 0 Å². The molecular formula is C13H18N2S. The van der Waals surface area contributed by atoms with Gasteiger partial charge >= 0.3 is 0 Å². The van der Waals surface area contributed by atoms with Gasteiger partial charge < -0.3 is 5.32 Å². The van der Waals surface area contributed by atoms with Gasteiger partial charge in [-0.3, -0.25) is 4.98 Å². The zero-order chi connectivity index (χ0) is 11.4. The number of hydrogen-bond donors (Lipinski definition) is 1. The monoisotopic (exact) mass is 234 g/mol. The van der Waals surface area contributed by atoms with E-state index < -0.39 is 0 Å². The van der Waals surface area contributed by atoms with Crippen LogP contribution in [0.15, 0.2) is 23.7 Å². The van der Waals surface area contributed by atoms with E-state index in [1.54, 1.807) is 11.3 Å². The summed E-state index contributed by atoms with van der Waals surface area (Å²) in [7, 11) is 0. The van der Waals surface area contributed by atoms with Crippen LogP contribution in [-0.4, -0.2) is 11.0 Å². The third kappa shape index (κ3) is 2.80. The second kappa shape index (κ2) is 5.41. The van der Waals surface area contributed by atoms with Crippen molar-refractivity contribution >= 4 is 21.6 Å². The van der Waals surface area contributed by atoms with Crippen LogP contribution in [0.3, 0.4) is 0 Å².